The summed E-state index contributed by atoms with van der Waals surface area (Å²) in [6, 6.07) is 3.37. The largest absolute Gasteiger partial charge is 0.467 e. The minimum Gasteiger partial charge on any atom is -0.467 e. The maximum absolute atomic E-state index is 13.6. The van der Waals surface area contributed by atoms with Crippen LogP contribution in [-0.2, 0) is 16.1 Å². The fraction of sp³-hybridized carbons (Fsp3) is 0.714. The standard InChI is InChI=1S/C21H28N2O3/c24-19(22-13-17-3-2-6-26-17)18-4-1-5-23(18)20(25)21-10-14-7-15(11-21)9-16(8-14)12-21/h2-3,6,14-16,18H,1,4-5,7-13H2,(H,22,24)/t14?,15?,16?,18-,21?/m0/s1. The van der Waals surface area contributed by atoms with Crippen LogP contribution in [0.4, 0.5) is 0 Å². The first-order valence-corrected chi connectivity index (χ1v) is 10.2. The molecule has 1 aliphatic heterocycles. The quantitative estimate of drug-likeness (QED) is 0.902. The molecule has 0 aromatic carbocycles. The van der Waals surface area contributed by atoms with Gasteiger partial charge < -0.3 is 14.6 Å². The summed E-state index contributed by atoms with van der Waals surface area (Å²) in [5, 5.41) is 2.96. The van der Waals surface area contributed by atoms with E-state index in [2.05, 4.69) is 5.32 Å². The van der Waals surface area contributed by atoms with E-state index >= 15 is 0 Å². The molecule has 1 N–H and O–H groups in total. The van der Waals surface area contributed by atoms with Crippen molar-refractivity contribution in [2.45, 2.75) is 64.0 Å². The third-order valence-electron chi connectivity index (χ3n) is 7.33. The van der Waals surface area contributed by atoms with Gasteiger partial charge in [0.25, 0.3) is 0 Å². The Bertz CT molecular complexity index is 661. The van der Waals surface area contributed by atoms with E-state index in [1.807, 2.05) is 17.0 Å². The van der Waals surface area contributed by atoms with E-state index in [4.69, 9.17) is 4.42 Å². The molecule has 1 aromatic heterocycles. The predicted octanol–water partition coefficient (Wildman–Crippen LogP) is 3.10. The van der Waals surface area contributed by atoms with Gasteiger partial charge in [0, 0.05) is 6.54 Å². The highest BCUT2D eigenvalue weighted by Gasteiger charge is 2.56. The van der Waals surface area contributed by atoms with Crippen molar-refractivity contribution in [3.05, 3.63) is 24.2 Å². The minimum atomic E-state index is -0.300. The number of rotatable bonds is 4. The summed E-state index contributed by atoms with van der Waals surface area (Å²) in [6.07, 6.45) is 10.5. The summed E-state index contributed by atoms with van der Waals surface area (Å²) in [5.41, 5.74) is -0.154. The van der Waals surface area contributed by atoms with Gasteiger partial charge in [-0.25, -0.2) is 0 Å². The van der Waals surface area contributed by atoms with Crippen LogP contribution >= 0.6 is 0 Å². The average Bonchev–Trinajstić information content (AvgIpc) is 3.29. The van der Waals surface area contributed by atoms with Crippen molar-refractivity contribution in [1.29, 1.82) is 0 Å². The Labute approximate surface area is 154 Å². The first kappa shape index (κ1) is 16.4. The van der Waals surface area contributed by atoms with Crippen LogP contribution in [0.3, 0.4) is 0 Å². The lowest BCUT2D eigenvalue weighted by Gasteiger charge is -2.56. The molecular weight excluding hydrogens is 328 g/mol. The van der Waals surface area contributed by atoms with Crippen LogP contribution in [0.5, 0.6) is 0 Å². The van der Waals surface area contributed by atoms with Crippen molar-refractivity contribution in [3.63, 3.8) is 0 Å². The van der Waals surface area contributed by atoms with Crippen LogP contribution in [0.25, 0.3) is 0 Å². The zero-order valence-electron chi connectivity index (χ0n) is 15.3. The van der Waals surface area contributed by atoms with E-state index in [9.17, 15) is 9.59 Å². The van der Waals surface area contributed by atoms with E-state index in [-0.39, 0.29) is 23.3 Å². The summed E-state index contributed by atoms with van der Waals surface area (Å²) in [4.78, 5) is 28.2. The van der Waals surface area contributed by atoms with Crippen LogP contribution < -0.4 is 5.32 Å². The Morgan fingerprint density at radius 2 is 1.85 bits per heavy atom. The molecule has 1 atom stereocenters. The monoisotopic (exact) mass is 356 g/mol. The number of likely N-dealkylation sites (tertiary alicyclic amines) is 1. The zero-order valence-corrected chi connectivity index (χ0v) is 15.3. The zero-order chi connectivity index (χ0) is 17.7. The van der Waals surface area contributed by atoms with E-state index in [1.165, 1.54) is 19.3 Å². The molecule has 2 amide bonds. The molecule has 0 spiro atoms. The minimum absolute atomic E-state index is 0.0306. The van der Waals surface area contributed by atoms with Crippen LogP contribution in [0.15, 0.2) is 22.8 Å². The first-order valence-electron chi connectivity index (χ1n) is 10.2. The number of furan rings is 1. The SMILES string of the molecule is O=C(NCc1ccco1)[C@@H]1CCCN1C(=O)C12CC3CC(CC(C3)C1)C2. The lowest BCUT2D eigenvalue weighted by atomic mass is 9.49. The molecule has 140 valence electrons. The molecule has 0 radical (unpaired) electrons. The highest BCUT2D eigenvalue weighted by atomic mass is 16.3. The Balaban J connectivity index is 1.29. The number of carbonyl (C=O) groups is 2. The highest BCUT2D eigenvalue weighted by Crippen LogP contribution is 2.60. The van der Waals surface area contributed by atoms with E-state index in [0.29, 0.717) is 6.54 Å². The first-order chi connectivity index (χ1) is 12.6. The summed E-state index contributed by atoms with van der Waals surface area (Å²) in [5.74, 6) is 3.25. The third kappa shape index (κ3) is 2.67. The maximum Gasteiger partial charge on any atom is 0.243 e. The lowest BCUT2D eigenvalue weighted by Crippen LogP contribution is -2.57. The molecule has 4 aliphatic carbocycles. The van der Waals surface area contributed by atoms with E-state index in [1.54, 1.807) is 6.26 Å². The van der Waals surface area contributed by atoms with Crippen LogP contribution in [0.1, 0.15) is 57.1 Å². The Morgan fingerprint density at radius 1 is 1.15 bits per heavy atom. The van der Waals surface area contributed by atoms with Crippen molar-refractivity contribution in [1.82, 2.24) is 10.2 Å². The average molecular weight is 356 g/mol. The normalized spacial score (nSPS) is 37.9. The molecule has 0 unspecified atom stereocenters. The van der Waals surface area contributed by atoms with Gasteiger partial charge >= 0.3 is 0 Å². The fourth-order valence-electron chi connectivity index (χ4n) is 6.66. The molecule has 5 aliphatic rings. The summed E-state index contributed by atoms with van der Waals surface area (Å²) < 4.78 is 5.29. The van der Waals surface area contributed by atoms with E-state index in [0.717, 1.165) is 62.2 Å². The smallest absolute Gasteiger partial charge is 0.243 e. The molecule has 2 heterocycles. The van der Waals surface area contributed by atoms with Crippen molar-refractivity contribution in [2.24, 2.45) is 23.2 Å². The van der Waals surface area contributed by atoms with Crippen LogP contribution in [0.2, 0.25) is 0 Å². The second-order valence-corrected chi connectivity index (χ2v) is 9.15. The van der Waals surface area contributed by atoms with Gasteiger partial charge in [-0.3, -0.25) is 9.59 Å². The van der Waals surface area contributed by atoms with Crippen molar-refractivity contribution in [2.75, 3.05) is 6.54 Å². The molecule has 26 heavy (non-hydrogen) atoms. The predicted molar refractivity (Wildman–Crippen MR) is 95.9 cm³/mol. The van der Waals surface area contributed by atoms with Gasteiger partial charge in [0.05, 0.1) is 18.2 Å². The number of amides is 2. The summed E-state index contributed by atoms with van der Waals surface area (Å²) in [7, 11) is 0. The molecule has 5 heteroatoms. The van der Waals surface area contributed by atoms with Crippen molar-refractivity contribution in [3.8, 4) is 0 Å². The molecule has 1 saturated heterocycles. The number of nitrogens with zero attached hydrogens (tertiary/aromatic N) is 1. The molecule has 6 rings (SSSR count). The summed E-state index contributed by atoms with van der Waals surface area (Å²) >= 11 is 0. The Hall–Kier alpha value is -1.78. The Morgan fingerprint density at radius 3 is 2.46 bits per heavy atom. The molecular formula is C21H28N2O3. The fourth-order valence-corrected chi connectivity index (χ4v) is 6.66. The number of carbonyl (C=O) groups excluding carboxylic acids is 2. The molecule has 5 fully saturated rings. The van der Waals surface area contributed by atoms with Crippen molar-refractivity contribution >= 4 is 11.8 Å². The van der Waals surface area contributed by atoms with Crippen LogP contribution in [-0.4, -0.2) is 29.3 Å². The molecule has 4 saturated carbocycles. The Kier molecular flexibility index (Phi) is 3.87. The van der Waals surface area contributed by atoms with Gasteiger partial charge in [-0.1, -0.05) is 0 Å². The topological polar surface area (TPSA) is 62.6 Å². The van der Waals surface area contributed by atoms with Gasteiger partial charge in [-0.15, -0.1) is 0 Å². The number of hydrogen-bond donors (Lipinski definition) is 1. The van der Waals surface area contributed by atoms with Crippen LogP contribution in [0, 0.1) is 23.2 Å². The van der Waals surface area contributed by atoms with Gasteiger partial charge in [0.1, 0.15) is 11.8 Å². The van der Waals surface area contributed by atoms with Gasteiger partial charge in [-0.05, 0) is 81.3 Å². The van der Waals surface area contributed by atoms with Crippen molar-refractivity contribution < 1.29 is 14.0 Å². The lowest BCUT2D eigenvalue weighted by molar-refractivity contribution is -0.160. The van der Waals surface area contributed by atoms with E-state index < -0.39 is 0 Å². The molecule has 4 bridgehead atoms. The highest BCUT2D eigenvalue weighted by molar-refractivity contribution is 5.91. The maximum atomic E-state index is 13.6. The van der Waals surface area contributed by atoms with Gasteiger partial charge in [-0.2, -0.15) is 0 Å². The third-order valence-corrected chi connectivity index (χ3v) is 7.33. The summed E-state index contributed by atoms with van der Waals surface area (Å²) in [6.45, 7) is 1.13. The van der Waals surface area contributed by atoms with Gasteiger partial charge in [0.2, 0.25) is 11.8 Å². The second kappa shape index (κ2) is 6.14. The second-order valence-electron chi connectivity index (χ2n) is 9.15. The number of nitrogens with one attached hydrogen (secondary N) is 1. The number of hydrogen-bond acceptors (Lipinski definition) is 3. The van der Waals surface area contributed by atoms with Gasteiger partial charge in [0.15, 0.2) is 0 Å². The molecule has 5 nitrogen and oxygen atoms in total. The molecule has 1 aromatic rings.